The minimum atomic E-state index is -0.174. The summed E-state index contributed by atoms with van der Waals surface area (Å²) in [5.41, 5.74) is 2.04. The van der Waals surface area contributed by atoms with Gasteiger partial charge in [-0.1, -0.05) is 54.1 Å². The van der Waals surface area contributed by atoms with Crippen LogP contribution in [-0.2, 0) is 5.54 Å². The minimum absolute atomic E-state index is 0.0411. The van der Waals surface area contributed by atoms with Gasteiger partial charge in [0.1, 0.15) is 0 Å². The fourth-order valence-corrected chi connectivity index (χ4v) is 5.42. The van der Waals surface area contributed by atoms with E-state index >= 15 is 0 Å². The van der Waals surface area contributed by atoms with Crippen LogP contribution in [0.2, 0.25) is 5.02 Å². The summed E-state index contributed by atoms with van der Waals surface area (Å²) in [6.45, 7) is 10.1. The average molecular weight is 482 g/mol. The highest BCUT2D eigenvalue weighted by atomic mass is 35.5. The van der Waals surface area contributed by atoms with E-state index in [1.807, 2.05) is 22.9 Å². The maximum absolute atomic E-state index is 6.20. The Bertz CT molecular complexity index is 1190. The maximum Gasteiger partial charge on any atom is 0.186 e. The number of aromatic nitrogens is 5. The van der Waals surface area contributed by atoms with Crippen molar-refractivity contribution in [2.24, 2.45) is 0 Å². The summed E-state index contributed by atoms with van der Waals surface area (Å²) in [5.74, 6) is 0.873. The highest BCUT2D eigenvalue weighted by molar-refractivity contribution is 7.22. The Kier molecular flexibility index (Phi) is 6.07. The fraction of sp³-hybridized carbons (Fsp3) is 0.417. The predicted molar refractivity (Wildman–Crippen MR) is 134 cm³/mol. The molecule has 1 unspecified atom stereocenters. The van der Waals surface area contributed by atoms with E-state index < -0.39 is 0 Å². The predicted octanol–water partition coefficient (Wildman–Crippen LogP) is 4.99. The normalized spacial score (nSPS) is 16.4. The lowest BCUT2D eigenvalue weighted by Crippen LogP contribution is -2.48. The molecule has 1 saturated heterocycles. The van der Waals surface area contributed by atoms with Crippen molar-refractivity contribution in [3.05, 3.63) is 64.9 Å². The third-order valence-electron chi connectivity index (χ3n) is 6.60. The number of halogens is 1. The Morgan fingerprint density at radius 2 is 1.76 bits per heavy atom. The number of fused-ring (bicyclic) bond motifs is 1. The molecule has 1 fully saturated rings. The van der Waals surface area contributed by atoms with Gasteiger partial charge in [0.05, 0.1) is 21.8 Å². The van der Waals surface area contributed by atoms with Crippen molar-refractivity contribution in [1.29, 1.82) is 0 Å². The zero-order valence-corrected chi connectivity index (χ0v) is 20.7. The molecule has 9 heteroatoms. The smallest absolute Gasteiger partial charge is 0.186 e. The van der Waals surface area contributed by atoms with E-state index in [9.17, 15) is 0 Å². The van der Waals surface area contributed by atoms with E-state index in [2.05, 4.69) is 76.4 Å². The molecule has 4 aromatic rings. The molecule has 2 aromatic carbocycles. The molecule has 1 aliphatic heterocycles. The Morgan fingerprint density at radius 1 is 1.03 bits per heavy atom. The summed E-state index contributed by atoms with van der Waals surface area (Å²) < 4.78 is 3.22. The quantitative estimate of drug-likeness (QED) is 0.386. The number of benzene rings is 2. The van der Waals surface area contributed by atoms with Crippen molar-refractivity contribution in [2.45, 2.75) is 38.8 Å². The van der Waals surface area contributed by atoms with Gasteiger partial charge in [-0.25, -0.2) is 9.67 Å². The second-order valence-corrected chi connectivity index (χ2v) is 10.5. The van der Waals surface area contributed by atoms with Crippen molar-refractivity contribution >= 4 is 38.3 Å². The number of piperazine rings is 1. The zero-order valence-electron chi connectivity index (χ0n) is 19.1. The largest absolute Gasteiger partial charge is 0.345 e. The molecule has 0 spiro atoms. The lowest BCUT2D eigenvalue weighted by Gasteiger charge is -2.39. The Hall–Kier alpha value is -2.55. The average Bonchev–Trinajstić information content (AvgIpc) is 3.49. The van der Waals surface area contributed by atoms with E-state index in [0.29, 0.717) is 0 Å². The van der Waals surface area contributed by atoms with E-state index in [1.165, 1.54) is 4.70 Å². The lowest BCUT2D eigenvalue weighted by molar-refractivity contribution is 0.187. The number of rotatable bonds is 6. The first-order valence-corrected chi connectivity index (χ1v) is 12.5. The summed E-state index contributed by atoms with van der Waals surface area (Å²) >= 11 is 7.97. The number of thiazole rings is 1. The third-order valence-corrected chi connectivity index (χ3v) is 7.94. The molecule has 0 N–H and O–H groups in total. The fourth-order valence-electron chi connectivity index (χ4n) is 4.28. The highest BCUT2D eigenvalue weighted by Gasteiger charge is 2.34. The Balaban J connectivity index is 1.43. The van der Waals surface area contributed by atoms with Crippen LogP contribution >= 0.6 is 22.9 Å². The molecule has 33 heavy (non-hydrogen) atoms. The molecule has 1 aliphatic rings. The molecule has 172 valence electrons. The number of hydrogen-bond acceptors (Lipinski definition) is 7. The van der Waals surface area contributed by atoms with Crippen LogP contribution in [0, 0.1) is 0 Å². The summed E-state index contributed by atoms with van der Waals surface area (Å²) in [6.07, 6.45) is 0.934. The van der Waals surface area contributed by atoms with Crippen LogP contribution in [0.5, 0.6) is 0 Å². The molecule has 5 rings (SSSR count). The van der Waals surface area contributed by atoms with Crippen molar-refractivity contribution in [3.63, 3.8) is 0 Å². The molecule has 3 heterocycles. The van der Waals surface area contributed by atoms with Gasteiger partial charge in [0.25, 0.3) is 0 Å². The topological polar surface area (TPSA) is 63.0 Å². The number of hydrogen-bond donors (Lipinski definition) is 0. The summed E-state index contributed by atoms with van der Waals surface area (Å²) in [6, 6.07) is 16.4. The number of nitrogens with zero attached hydrogens (tertiary/aromatic N) is 7. The number of anilines is 1. The van der Waals surface area contributed by atoms with Crippen molar-refractivity contribution in [3.8, 4) is 0 Å². The van der Waals surface area contributed by atoms with Crippen molar-refractivity contribution in [1.82, 2.24) is 30.1 Å². The van der Waals surface area contributed by atoms with E-state index in [1.54, 1.807) is 11.3 Å². The lowest BCUT2D eigenvalue weighted by atomic mass is 9.99. The molecule has 0 aliphatic carbocycles. The van der Waals surface area contributed by atoms with Gasteiger partial charge in [-0.2, -0.15) is 0 Å². The van der Waals surface area contributed by atoms with E-state index in [4.69, 9.17) is 16.6 Å². The SMILES string of the molecule is CCC(C)(C)n1nnnc1C(c1ccc(Cl)cc1)N1CCN(c2nc3ccccc3s2)CC1. The second-order valence-electron chi connectivity index (χ2n) is 9.06. The van der Waals surface area contributed by atoms with Crippen LogP contribution < -0.4 is 4.90 Å². The molecular formula is C24H28ClN7S. The van der Waals surface area contributed by atoms with Gasteiger partial charge in [0, 0.05) is 31.2 Å². The first-order chi connectivity index (χ1) is 16.0. The second kappa shape index (κ2) is 9.00. The minimum Gasteiger partial charge on any atom is -0.345 e. The van der Waals surface area contributed by atoms with Crippen molar-refractivity contribution < 1.29 is 0 Å². The monoisotopic (exact) mass is 481 g/mol. The summed E-state index contributed by atoms with van der Waals surface area (Å²) in [4.78, 5) is 9.72. The van der Waals surface area contributed by atoms with Crippen LogP contribution in [0.1, 0.15) is 44.6 Å². The standard InChI is InChI=1S/C24H28ClN7S/c1-4-24(2,3)32-22(27-28-29-32)21(17-9-11-18(25)12-10-17)30-13-15-31(16-14-30)23-26-19-7-5-6-8-20(19)33-23/h5-12,21H,4,13-16H2,1-3H3. The summed E-state index contributed by atoms with van der Waals surface area (Å²) in [7, 11) is 0. The van der Waals surface area contributed by atoms with Gasteiger partial charge in [-0.05, 0) is 60.5 Å². The maximum atomic E-state index is 6.20. The first-order valence-electron chi connectivity index (χ1n) is 11.3. The van der Waals surface area contributed by atoms with Crippen LogP contribution in [0.3, 0.4) is 0 Å². The Morgan fingerprint density at radius 3 is 2.45 bits per heavy atom. The van der Waals surface area contributed by atoms with Gasteiger partial charge < -0.3 is 4.90 Å². The summed E-state index contributed by atoms with van der Waals surface area (Å²) in [5, 5.41) is 14.8. The highest BCUT2D eigenvalue weighted by Crippen LogP contribution is 2.34. The van der Waals surface area contributed by atoms with E-state index in [0.717, 1.165) is 59.7 Å². The molecule has 0 saturated carbocycles. The zero-order chi connectivity index (χ0) is 23.0. The molecular weight excluding hydrogens is 454 g/mol. The van der Waals surface area contributed by atoms with Crippen LogP contribution in [0.15, 0.2) is 48.5 Å². The van der Waals surface area contributed by atoms with Gasteiger partial charge >= 0.3 is 0 Å². The van der Waals surface area contributed by atoms with Gasteiger partial charge in [0.15, 0.2) is 11.0 Å². The Labute approximate surface area is 203 Å². The molecule has 7 nitrogen and oxygen atoms in total. The van der Waals surface area contributed by atoms with E-state index in [-0.39, 0.29) is 11.6 Å². The van der Waals surface area contributed by atoms with Gasteiger partial charge in [0.2, 0.25) is 0 Å². The number of tetrazole rings is 1. The third kappa shape index (κ3) is 4.35. The van der Waals surface area contributed by atoms with Crippen LogP contribution in [0.25, 0.3) is 10.2 Å². The molecule has 0 bridgehead atoms. The van der Waals surface area contributed by atoms with Gasteiger partial charge in [-0.15, -0.1) is 5.10 Å². The van der Waals surface area contributed by atoms with Crippen LogP contribution in [-0.4, -0.2) is 56.3 Å². The van der Waals surface area contributed by atoms with Crippen LogP contribution in [0.4, 0.5) is 5.13 Å². The molecule has 1 atom stereocenters. The number of para-hydroxylation sites is 1. The molecule has 2 aromatic heterocycles. The molecule has 0 radical (unpaired) electrons. The van der Waals surface area contributed by atoms with Gasteiger partial charge in [-0.3, -0.25) is 4.90 Å². The molecule has 0 amide bonds. The van der Waals surface area contributed by atoms with Crippen molar-refractivity contribution in [2.75, 3.05) is 31.1 Å². The first kappa shape index (κ1) is 22.3.